The lowest BCUT2D eigenvalue weighted by atomic mass is 9.85. The van der Waals surface area contributed by atoms with Crippen molar-refractivity contribution in [1.82, 2.24) is 15.1 Å². The highest BCUT2D eigenvalue weighted by atomic mass is 16.4. The predicted molar refractivity (Wildman–Crippen MR) is 70.6 cm³/mol. The lowest BCUT2D eigenvalue weighted by molar-refractivity contribution is 0.105. The van der Waals surface area contributed by atoms with E-state index in [2.05, 4.69) is 22.1 Å². The Labute approximate surface area is 114 Å². The van der Waals surface area contributed by atoms with Gasteiger partial charge in [-0.2, -0.15) is 0 Å². The van der Waals surface area contributed by atoms with Crippen LogP contribution in [0.1, 0.15) is 56.2 Å². The van der Waals surface area contributed by atoms with Gasteiger partial charge in [0.2, 0.25) is 11.8 Å². The van der Waals surface area contributed by atoms with Crippen LogP contribution in [-0.4, -0.2) is 39.9 Å². The Morgan fingerprint density at radius 3 is 2.63 bits per heavy atom. The summed E-state index contributed by atoms with van der Waals surface area (Å²) in [4.78, 5) is 2.18. The number of aromatic nitrogens is 2. The summed E-state index contributed by atoms with van der Waals surface area (Å²) in [6.07, 6.45) is 6.74. The van der Waals surface area contributed by atoms with Gasteiger partial charge in [0, 0.05) is 12.5 Å². The van der Waals surface area contributed by atoms with Gasteiger partial charge in [-0.3, -0.25) is 4.90 Å². The predicted octanol–water partition coefficient (Wildman–Crippen LogP) is 1.93. The Morgan fingerprint density at radius 2 is 2.00 bits per heavy atom. The average molecular weight is 265 g/mol. The third-order valence-electron chi connectivity index (χ3n) is 4.51. The molecule has 0 aromatic carbocycles. The highest BCUT2D eigenvalue weighted by Crippen LogP contribution is 2.35. The maximum atomic E-state index is 9.84. The van der Waals surface area contributed by atoms with Gasteiger partial charge in [0.05, 0.1) is 12.6 Å². The van der Waals surface area contributed by atoms with Crippen LogP contribution in [0.4, 0.5) is 0 Å². The first-order valence-electron chi connectivity index (χ1n) is 7.41. The van der Waals surface area contributed by atoms with Crippen molar-refractivity contribution in [3.8, 4) is 0 Å². The number of hydrogen-bond donors (Lipinski definition) is 1. The Morgan fingerprint density at radius 1 is 1.21 bits per heavy atom. The molecule has 1 aromatic heterocycles. The largest absolute Gasteiger partial charge is 0.424 e. The molecule has 3 rings (SSSR count). The van der Waals surface area contributed by atoms with E-state index in [-0.39, 0.29) is 6.10 Å². The molecule has 2 aliphatic carbocycles. The first-order valence-corrected chi connectivity index (χ1v) is 7.41. The van der Waals surface area contributed by atoms with E-state index in [9.17, 15) is 5.11 Å². The average Bonchev–Trinajstić information content (AvgIpc) is 2.88. The molecule has 2 fully saturated rings. The molecule has 0 radical (unpaired) electrons. The van der Waals surface area contributed by atoms with Crippen molar-refractivity contribution in [3.63, 3.8) is 0 Å². The van der Waals surface area contributed by atoms with E-state index in [0.29, 0.717) is 24.3 Å². The Bertz CT molecular complexity index is 417. The van der Waals surface area contributed by atoms with E-state index >= 15 is 0 Å². The van der Waals surface area contributed by atoms with Gasteiger partial charge in [-0.25, -0.2) is 0 Å². The summed E-state index contributed by atoms with van der Waals surface area (Å²) in [5.41, 5.74) is 0. The maximum absolute atomic E-state index is 9.84. The van der Waals surface area contributed by atoms with Crippen molar-refractivity contribution in [1.29, 1.82) is 0 Å². The molecule has 0 bridgehead atoms. The highest BCUT2D eigenvalue weighted by Gasteiger charge is 2.27. The molecule has 2 aliphatic rings. The molecular weight excluding hydrogens is 242 g/mol. The van der Waals surface area contributed by atoms with Crippen LogP contribution >= 0.6 is 0 Å². The van der Waals surface area contributed by atoms with Crippen molar-refractivity contribution < 1.29 is 9.52 Å². The topological polar surface area (TPSA) is 62.4 Å². The molecule has 106 valence electrons. The standard InChI is InChI=1S/C14H23N3O2/c1-17(8-11-6-3-7-12(11)18)9-13-15-16-14(19-13)10-4-2-5-10/h10-12,18H,2-9H2,1H3. The zero-order chi connectivity index (χ0) is 13.2. The minimum absolute atomic E-state index is 0.129. The van der Waals surface area contributed by atoms with Crippen LogP contribution in [0.5, 0.6) is 0 Å². The molecule has 19 heavy (non-hydrogen) atoms. The number of rotatable bonds is 5. The molecule has 2 saturated carbocycles. The SMILES string of the molecule is CN(Cc1nnc(C2CCC2)o1)CC1CCCC1O. The lowest BCUT2D eigenvalue weighted by Crippen LogP contribution is -2.29. The summed E-state index contributed by atoms with van der Waals surface area (Å²) >= 11 is 0. The molecular formula is C14H23N3O2. The lowest BCUT2D eigenvalue weighted by Gasteiger charge is -2.22. The van der Waals surface area contributed by atoms with E-state index < -0.39 is 0 Å². The van der Waals surface area contributed by atoms with E-state index in [4.69, 9.17) is 4.42 Å². The minimum atomic E-state index is -0.129. The van der Waals surface area contributed by atoms with Crippen molar-refractivity contribution in [2.45, 2.75) is 57.1 Å². The van der Waals surface area contributed by atoms with Crippen LogP contribution in [0.15, 0.2) is 4.42 Å². The smallest absolute Gasteiger partial charge is 0.230 e. The fourth-order valence-corrected chi connectivity index (χ4v) is 3.08. The van der Waals surface area contributed by atoms with Crippen LogP contribution in [0.2, 0.25) is 0 Å². The van der Waals surface area contributed by atoms with Crippen LogP contribution in [0.3, 0.4) is 0 Å². The van der Waals surface area contributed by atoms with Crippen molar-refractivity contribution in [3.05, 3.63) is 11.8 Å². The van der Waals surface area contributed by atoms with Gasteiger partial charge in [0.1, 0.15) is 0 Å². The number of aliphatic hydroxyl groups is 1. The zero-order valence-electron chi connectivity index (χ0n) is 11.6. The first kappa shape index (κ1) is 13.1. The molecule has 1 N–H and O–H groups in total. The normalized spacial score (nSPS) is 27.9. The third-order valence-corrected chi connectivity index (χ3v) is 4.51. The summed E-state index contributed by atoms with van der Waals surface area (Å²) in [6.45, 7) is 1.59. The number of hydrogen-bond acceptors (Lipinski definition) is 5. The van der Waals surface area contributed by atoms with Gasteiger partial charge in [0.25, 0.3) is 0 Å². The third kappa shape index (κ3) is 2.98. The fraction of sp³-hybridized carbons (Fsp3) is 0.857. The quantitative estimate of drug-likeness (QED) is 0.881. The summed E-state index contributed by atoms with van der Waals surface area (Å²) in [5, 5.41) is 18.1. The fourth-order valence-electron chi connectivity index (χ4n) is 3.08. The second-order valence-electron chi connectivity index (χ2n) is 6.12. The molecule has 5 nitrogen and oxygen atoms in total. The monoisotopic (exact) mass is 265 g/mol. The summed E-state index contributed by atoms with van der Waals surface area (Å²) in [5.74, 6) is 2.43. The Hall–Kier alpha value is -0.940. The summed E-state index contributed by atoms with van der Waals surface area (Å²) < 4.78 is 5.72. The maximum Gasteiger partial charge on any atom is 0.230 e. The first-order chi connectivity index (χ1) is 9.22. The highest BCUT2D eigenvalue weighted by molar-refractivity contribution is 4.96. The van der Waals surface area contributed by atoms with Crippen molar-refractivity contribution in [2.75, 3.05) is 13.6 Å². The van der Waals surface area contributed by atoms with Gasteiger partial charge in [-0.15, -0.1) is 10.2 Å². The minimum Gasteiger partial charge on any atom is -0.424 e. The van der Waals surface area contributed by atoms with Crippen LogP contribution in [0, 0.1) is 5.92 Å². The Balaban J connectivity index is 1.51. The second kappa shape index (κ2) is 5.59. The molecule has 1 aromatic rings. The zero-order valence-corrected chi connectivity index (χ0v) is 11.6. The molecule has 0 saturated heterocycles. The van der Waals surface area contributed by atoms with E-state index in [1.807, 2.05) is 0 Å². The second-order valence-corrected chi connectivity index (χ2v) is 6.12. The van der Waals surface area contributed by atoms with E-state index in [0.717, 1.165) is 31.7 Å². The molecule has 5 heteroatoms. The summed E-state index contributed by atoms with van der Waals surface area (Å²) in [6, 6.07) is 0. The van der Waals surface area contributed by atoms with E-state index in [1.54, 1.807) is 0 Å². The molecule has 0 aliphatic heterocycles. The van der Waals surface area contributed by atoms with Gasteiger partial charge in [0.15, 0.2) is 0 Å². The summed E-state index contributed by atoms with van der Waals surface area (Å²) in [7, 11) is 2.05. The van der Waals surface area contributed by atoms with Gasteiger partial charge < -0.3 is 9.52 Å². The molecule has 2 unspecified atom stereocenters. The number of aliphatic hydroxyl groups excluding tert-OH is 1. The molecule has 0 amide bonds. The number of nitrogens with zero attached hydrogens (tertiary/aromatic N) is 3. The van der Waals surface area contributed by atoms with E-state index in [1.165, 1.54) is 19.3 Å². The van der Waals surface area contributed by atoms with Gasteiger partial charge in [-0.05, 0) is 38.6 Å². The Kier molecular flexibility index (Phi) is 3.84. The van der Waals surface area contributed by atoms with Crippen LogP contribution < -0.4 is 0 Å². The van der Waals surface area contributed by atoms with Crippen LogP contribution in [0.25, 0.3) is 0 Å². The van der Waals surface area contributed by atoms with Crippen molar-refractivity contribution >= 4 is 0 Å². The molecule has 0 spiro atoms. The molecule has 1 heterocycles. The van der Waals surface area contributed by atoms with Gasteiger partial charge in [-0.1, -0.05) is 12.8 Å². The van der Waals surface area contributed by atoms with Gasteiger partial charge >= 0.3 is 0 Å². The van der Waals surface area contributed by atoms with Crippen molar-refractivity contribution in [2.24, 2.45) is 5.92 Å². The molecule has 2 atom stereocenters. The van der Waals surface area contributed by atoms with Crippen LogP contribution in [-0.2, 0) is 6.54 Å².